The quantitative estimate of drug-likeness (QED) is 0.773. The topological polar surface area (TPSA) is 39.1 Å². The van der Waals surface area contributed by atoms with Crippen LogP contribution in [0.2, 0.25) is 5.02 Å². The lowest BCUT2D eigenvalue weighted by atomic mass is 10.2. The lowest BCUT2D eigenvalue weighted by Gasteiger charge is -2.26. The van der Waals surface area contributed by atoms with Crippen LogP contribution in [0.3, 0.4) is 0 Å². The van der Waals surface area contributed by atoms with Crippen molar-refractivity contribution in [1.29, 1.82) is 0 Å². The van der Waals surface area contributed by atoms with Gasteiger partial charge in [0, 0.05) is 19.3 Å². The lowest BCUT2D eigenvalue weighted by Crippen LogP contribution is -2.48. The van der Waals surface area contributed by atoms with Gasteiger partial charge >= 0.3 is 0 Å². The normalized spacial score (nSPS) is 17.3. The highest BCUT2D eigenvalue weighted by Gasteiger charge is 2.16. The Hall–Kier alpha value is -0.580. The smallest absolute Gasteiger partial charge is 0.0824 e. The predicted molar refractivity (Wildman–Crippen MR) is 49.8 cm³/mol. The van der Waals surface area contributed by atoms with Crippen LogP contribution < -0.4 is 5.32 Å². The molecule has 0 spiro atoms. The number of ether oxygens (including phenoxy) is 1. The molecule has 0 atom stereocenters. The highest BCUT2D eigenvalue weighted by atomic mass is 35.5. The van der Waals surface area contributed by atoms with E-state index in [2.05, 4.69) is 10.4 Å². The van der Waals surface area contributed by atoms with E-state index in [1.54, 1.807) is 17.1 Å². The minimum absolute atomic E-state index is 0.394. The minimum Gasteiger partial charge on any atom is -0.374 e. The molecule has 1 aromatic rings. The van der Waals surface area contributed by atoms with Crippen LogP contribution in [-0.2, 0) is 11.3 Å². The predicted octanol–water partition coefficient (Wildman–Crippen LogP) is 0.525. The molecule has 2 rings (SSSR count). The molecule has 0 bridgehead atoms. The summed E-state index contributed by atoms with van der Waals surface area (Å²) in [7, 11) is 0. The standard InChI is InChI=1S/C8H12ClN3O/c9-7-3-11-12(6-7)1-2-13-8-4-10-5-8/h3,6,8,10H,1-2,4-5H2. The van der Waals surface area contributed by atoms with Gasteiger partial charge in [-0.05, 0) is 0 Å². The number of nitrogens with one attached hydrogen (secondary N) is 1. The largest absolute Gasteiger partial charge is 0.374 e. The number of halogens is 1. The summed E-state index contributed by atoms with van der Waals surface area (Å²) in [5, 5.41) is 7.86. The van der Waals surface area contributed by atoms with E-state index in [4.69, 9.17) is 16.3 Å². The fourth-order valence-corrected chi connectivity index (χ4v) is 1.31. The summed E-state index contributed by atoms with van der Waals surface area (Å²) in [6.07, 6.45) is 3.82. The van der Waals surface area contributed by atoms with Crippen molar-refractivity contribution in [1.82, 2.24) is 15.1 Å². The van der Waals surface area contributed by atoms with Gasteiger partial charge in [0.2, 0.25) is 0 Å². The van der Waals surface area contributed by atoms with Gasteiger partial charge in [0.05, 0.1) is 30.5 Å². The lowest BCUT2D eigenvalue weighted by molar-refractivity contribution is 0.0137. The number of nitrogens with zero attached hydrogens (tertiary/aromatic N) is 2. The van der Waals surface area contributed by atoms with Gasteiger partial charge in [-0.1, -0.05) is 11.6 Å². The number of rotatable bonds is 4. The first-order chi connectivity index (χ1) is 6.34. The first-order valence-electron chi connectivity index (χ1n) is 4.35. The molecule has 72 valence electrons. The van der Waals surface area contributed by atoms with Crippen LogP contribution in [0.1, 0.15) is 0 Å². The molecule has 1 N–H and O–H groups in total. The molecule has 0 aromatic carbocycles. The fraction of sp³-hybridized carbons (Fsp3) is 0.625. The van der Waals surface area contributed by atoms with Gasteiger partial charge in [0.25, 0.3) is 0 Å². The van der Waals surface area contributed by atoms with E-state index in [1.807, 2.05) is 0 Å². The zero-order chi connectivity index (χ0) is 9.10. The molecule has 13 heavy (non-hydrogen) atoms. The van der Waals surface area contributed by atoms with Crippen molar-refractivity contribution in [2.75, 3.05) is 19.7 Å². The summed E-state index contributed by atoms with van der Waals surface area (Å²) < 4.78 is 7.31. The average Bonchev–Trinajstić information content (AvgIpc) is 2.42. The van der Waals surface area contributed by atoms with E-state index < -0.39 is 0 Å². The van der Waals surface area contributed by atoms with Crippen molar-refractivity contribution in [3.63, 3.8) is 0 Å². The van der Waals surface area contributed by atoms with Crippen LogP contribution in [0, 0.1) is 0 Å². The summed E-state index contributed by atoms with van der Waals surface area (Å²) in [6.45, 7) is 3.41. The Morgan fingerprint density at radius 1 is 1.69 bits per heavy atom. The number of hydrogen-bond acceptors (Lipinski definition) is 3. The van der Waals surface area contributed by atoms with Crippen LogP contribution in [0.15, 0.2) is 12.4 Å². The molecule has 2 heterocycles. The van der Waals surface area contributed by atoms with Gasteiger partial charge in [0.15, 0.2) is 0 Å². The van der Waals surface area contributed by atoms with Crippen molar-refractivity contribution in [3.8, 4) is 0 Å². The SMILES string of the molecule is Clc1cnn(CCOC2CNC2)c1. The molecule has 0 radical (unpaired) electrons. The molecule has 5 heteroatoms. The minimum atomic E-state index is 0.394. The number of aromatic nitrogens is 2. The third kappa shape index (κ3) is 2.43. The molecular weight excluding hydrogens is 190 g/mol. The van der Waals surface area contributed by atoms with E-state index in [9.17, 15) is 0 Å². The Balaban J connectivity index is 1.67. The highest BCUT2D eigenvalue weighted by Crippen LogP contribution is 2.04. The third-order valence-electron chi connectivity index (χ3n) is 2.02. The third-order valence-corrected chi connectivity index (χ3v) is 2.21. The summed E-state index contributed by atoms with van der Waals surface area (Å²) in [4.78, 5) is 0. The maximum absolute atomic E-state index is 5.71. The van der Waals surface area contributed by atoms with Gasteiger partial charge in [-0.3, -0.25) is 4.68 Å². The molecule has 0 saturated carbocycles. The van der Waals surface area contributed by atoms with Crippen LogP contribution in [0.5, 0.6) is 0 Å². The fourth-order valence-electron chi connectivity index (χ4n) is 1.15. The maximum Gasteiger partial charge on any atom is 0.0824 e. The maximum atomic E-state index is 5.71. The Kier molecular flexibility index (Phi) is 2.83. The first kappa shape index (κ1) is 8.99. The Labute approximate surface area is 81.8 Å². The van der Waals surface area contributed by atoms with Crippen molar-refractivity contribution in [2.45, 2.75) is 12.6 Å². The summed E-state index contributed by atoms with van der Waals surface area (Å²) in [5.74, 6) is 0. The van der Waals surface area contributed by atoms with E-state index in [0.29, 0.717) is 17.7 Å². The second-order valence-corrected chi connectivity index (χ2v) is 3.51. The van der Waals surface area contributed by atoms with Gasteiger partial charge in [0.1, 0.15) is 0 Å². The summed E-state index contributed by atoms with van der Waals surface area (Å²) >= 11 is 5.71. The van der Waals surface area contributed by atoms with Crippen LogP contribution >= 0.6 is 11.6 Å². The molecule has 0 aliphatic carbocycles. The van der Waals surface area contributed by atoms with Gasteiger partial charge in [-0.15, -0.1) is 0 Å². The van der Waals surface area contributed by atoms with E-state index >= 15 is 0 Å². The zero-order valence-corrected chi connectivity index (χ0v) is 8.00. The van der Waals surface area contributed by atoms with Crippen molar-refractivity contribution < 1.29 is 4.74 Å². The van der Waals surface area contributed by atoms with Crippen molar-refractivity contribution >= 4 is 11.6 Å². The van der Waals surface area contributed by atoms with E-state index in [-0.39, 0.29) is 0 Å². The Morgan fingerprint density at radius 3 is 3.08 bits per heavy atom. The van der Waals surface area contributed by atoms with Gasteiger partial charge in [-0.2, -0.15) is 5.10 Å². The Morgan fingerprint density at radius 2 is 2.54 bits per heavy atom. The highest BCUT2D eigenvalue weighted by molar-refractivity contribution is 6.30. The van der Waals surface area contributed by atoms with Crippen LogP contribution in [0.25, 0.3) is 0 Å². The summed E-state index contributed by atoms with van der Waals surface area (Å²) in [6, 6.07) is 0. The molecule has 1 aromatic heterocycles. The van der Waals surface area contributed by atoms with Crippen LogP contribution in [-0.4, -0.2) is 35.6 Å². The summed E-state index contributed by atoms with van der Waals surface area (Å²) in [5.41, 5.74) is 0. The number of hydrogen-bond donors (Lipinski definition) is 1. The van der Waals surface area contributed by atoms with Gasteiger partial charge in [-0.25, -0.2) is 0 Å². The second kappa shape index (κ2) is 4.09. The monoisotopic (exact) mass is 201 g/mol. The van der Waals surface area contributed by atoms with Crippen LogP contribution in [0.4, 0.5) is 0 Å². The molecule has 0 amide bonds. The zero-order valence-electron chi connectivity index (χ0n) is 7.24. The first-order valence-corrected chi connectivity index (χ1v) is 4.72. The van der Waals surface area contributed by atoms with Crippen molar-refractivity contribution in [2.24, 2.45) is 0 Å². The average molecular weight is 202 g/mol. The Bertz CT molecular complexity index is 272. The molecule has 0 unspecified atom stereocenters. The van der Waals surface area contributed by atoms with Gasteiger partial charge < -0.3 is 10.1 Å². The van der Waals surface area contributed by atoms with E-state index in [0.717, 1.165) is 19.6 Å². The second-order valence-electron chi connectivity index (χ2n) is 3.07. The molecule has 1 saturated heterocycles. The molecule has 1 aliphatic rings. The molecule has 4 nitrogen and oxygen atoms in total. The van der Waals surface area contributed by atoms with Crippen molar-refractivity contribution in [3.05, 3.63) is 17.4 Å². The molecule has 1 aliphatic heterocycles. The molecular formula is C8H12ClN3O. The van der Waals surface area contributed by atoms with E-state index in [1.165, 1.54) is 0 Å². The molecule has 1 fully saturated rings.